The summed E-state index contributed by atoms with van der Waals surface area (Å²) in [6.07, 6.45) is 9.69. The number of methoxy groups -OCH3 is 1. The molecule has 1 aliphatic carbocycles. The Balaban J connectivity index is 1.43. The van der Waals surface area contributed by atoms with E-state index in [4.69, 9.17) is 4.74 Å². The lowest BCUT2D eigenvalue weighted by Crippen LogP contribution is -2.59. The summed E-state index contributed by atoms with van der Waals surface area (Å²) in [4.78, 5) is 5.49. The summed E-state index contributed by atoms with van der Waals surface area (Å²) < 4.78 is 6.02. The van der Waals surface area contributed by atoms with Crippen LogP contribution in [-0.2, 0) is 4.74 Å². The predicted octanol–water partition coefficient (Wildman–Crippen LogP) is 4.96. The van der Waals surface area contributed by atoms with E-state index in [1.54, 1.807) is 0 Å². The third kappa shape index (κ3) is 3.65. The molecule has 1 saturated carbocycles. The summed E-state index contributed by atoms with van der Waals surface area (Å²) in [6.45, 7) is 8.40. The van der Waals surface area contributed by atoms with Crippen molar-refractivity contribution in [1.82, 2.24) is 4.90 Å². The Labute approximate surface area is 166 Å². The van der Waals surface area contributed by atoms with Gasteiger partial charge in [-0.15, -0.1) is 0 Å². The first kappa shape index (κ1) is 19.3. The van der Waals surface area contributed by atoms with Crippen LogP contribution in [-0.4, -0.2) is 49.3 Å². The topological polar surface area (TPSA) is 15.7 Å². The molecule has 2 heterocycles. The van der Waals surface area contributed by atoms with Crippen molar-refractivity contribution in [3.8, 4) is 0 Å². The van der Waals surface area contributed by atoms with Gasteiger partial charge in [-0.2, -0.15) is 0 Å². The van der Waals surface area contributed by atoms with Crippen LogP contribution in [0, 0.1) is 11.8 Å². The molecule has 0 aromatic heterocycles. The number of ether oxygens (including phenoxy) is 1. The maximum atomic E-state index is 6.02. The third-order valence-corrected chi connectivity index (χ3v) is 7.97. The molecule has 3 fully saturated rings. The maximum Gasteiger partial charge on any atom is 0.0820 e. The Kier molecular flexibility index (Phi) is 5.80. The normalized spacial score (nSPS) is 31.7. The van der Waals surface area contributed by atoms with E-state index in [2.05, 4.69) is 54.0 Å². The smallest absolute Gasteiger partial charge is 0.0820 e. The highest BCUT2D eigenvalue weighted by Gasteiger charge is 2.51. The molecule has 3 nitrogen and oxygen atoms in total. The summed E-state index contributed by atoms with van der Waals surface area (Å²) in [5.41, 5.74) is 1.57. The molecule has 1 aromatic carbocycles. The summed E-state index contributed by atoms with van der Waals surface area (Å²) in [7, 11) is 1.92. The largest absolute Gasteiger partial charge is 0.379 e. The van der Waals surface area contributed by atoms with E-state index in [-0.39, 0.29) is 5.54 Å². The van der Waals surface area contributed by atoms with Crippen molar-refractivity contribution >= 4 is 5.69 Å². The highest BCUT2D eigenvalue weighted by Crippen LogP contribution is 2.44. The molecule has 2 aliphatic heterocycles. The minimum Gasteiger partial charge on any atom is -0.379 e. The standard InChI is InChI=1S/C24H38N2O/c1-19(2)20-9-11-21(12-10-20)25-17-14-24(15-18-25)23(27-3)13-16-26(24)22-7-5-4-6-8-22/h4-8,19-21,23H,9-18H2,1-3H3. The second kappa shape index (κ2) is 8.13. The SMILES string of the molecule is COC1CCN(c2ccccc2)C12CCN(C1CCC(C(C)C)CC1)CC2. The highest BCUT2D eigenvalue weighted by molar-refractivity contribution is 5.51. The van der Waals surface area contributed by atoms with Crippen molar-refractivity contribution < 1.29 is 4.74 Å². The van der Waals surface area contributed by atoms with Gasteiger partial charge in [-0.25, -0.2) is 0 Å². The molecule has 0 amide bonds. The summed E-state index contributed by atoms with van der Waals surface area (Å²) in [6, 6.07) is 11.8. The van der Waals surface area contributed by atoms with Crippen molar-refractivity contribution in [1.29, 1.82) is 0 Å². The zero-order valence-electron chi connectivity index (χ0n) is 17.6. The van der Waals surface area contributed by atoms with Crippen molar-refractivity contribution in [2.75, 3.05) is 31.6 Å². The lowest BCUT2D eigenvalue weighted by atomic mass is 9.77. The molecule has 3 aliphatic rings. The lowest BCUT2D eigenvalue weighted by molar-refractivity contribution is 0.00535. The van der Waals surface area contributed by atoms with Crippen molar-refractivity contribution in [3.63, 3.8) is 0 Å². The number of rotatable bonds is 4. The van der Waals surface area contributed by atoms with E-state index in [1.165, 1.54) is 57.3 Å². The number of anilines is 1. The van der Waals surface area contributed by atoms with E-state index in [9.17, 15) is 0 Å². The molecule has 0 N–H and O–H groups in total. The Morgan fingerprint density at radius 3 is 2.19 bits per heavy atom. The minimum absolute atomic E-state index is 0.196. The molecule has 4 rings (SSSR count). The van der Waals surface area contributed by atoms with Gasteiger partial charge in [-0.3, -0.25) is 0 Å². The van der Waals surface area contributed by atoms with E-state index in [0.29, 0.717) is 6.10 Å². The molecule has 1 spiro atoms. The fourth-order valence-corrected chi connectivity index (χ4v) is 6.24. The lowest BCUT2D eigenvalue weighted by Gasteiger charge is -2.50. The molecule has 0 bridgehead atoms. The second-order valence-corrected chi connectivity index (χ2v) is 9.45. The van der Waals surface area contributed by atoms with Crippen LogP contribution in [0.2, 0.25) is 0 Å². The Bertz CT molecular complexity index is 586. The number of piperidine rings is 1. The summed E-state index contributed by atoms with van der Waals surface area (Å²) in [5.74, 6) is 1.81. The fourth-order valence-electron chi connectivity index (χ4n) is 6.24. The number of para-hydroxylation sites is 1. The van der Waals surface area contributed by atoms with Gasteiger partial charge in [-0.05, 0) is 68.9 Å². The minimum atomic E-state index is 0.196. The Morgan fingerprint density at radius 1 is 0.926 bits per heavy atom. The molecular weight excluding hydrogens is 332 g/mol. The quantitative estimate of drug-likeness (QED) is 0.745. The number of hydrogen-bond donors (Lipinski definition) is 0. The first-order chi connectivity index (χ1) is 13.1. The van der Waals surface area contributed by atoms with E-state index < -0.39 is 0 Å². The van der Waals surface area contributed by atoms with Crippen LogP contribution in [0.3, 0.4) is 0 Å². The second-order valence-electron chi connectivity index (χ2n) is 9.45. The molecule has 3 heteroatoms. The number of hydrogen-bond acceptors (Lipinski definition) is 3. The van der Waals surface area contributed by atoms with Gasteiger partial charge < -0.3 is 14.5 Å². The van der Waals surface area contributed by atoms with Gasteiger partial charge in [0.15, 0.2) is 0 Å². The average molecular weight is 371 g/mol. The van der Waals surface area contributed by atoms with E-state index in [0.717, 1.165) is 30.8 Å². The monoisotopic (exact) mass is 370 g/mol. The molecule has 1 unspecified atom stereocenters. The van der Waals surface area contributed by atoms with Crippen LogP contribution in [0.4, 0.5) is 5.69 Å². The zero-order chi connectivity index (χ0) is 18.9. The van der Waals surface area contributed by atoms with Gasteiger partial charge in [0.05, 0.1) is 11.6 Å². The molecule has 0 radical (unpaired) electrons. The Morgan fingerprint density at radius 2 is 1.59 bits per heavy atom. The van der Waals surface area contributed by atoms with Crippen LogP contribution < -0.4 is 4.90 Å². The molecular formula is C24H38N2O. The van der Waals surface area contributed by atoms with Crippen LogP contribution in [0.1, 0.15) is 58.8 Å². The van der Waals surface area contributed by atoms with Crippen molar-refractivity contribution in [2.45, 2.75) is 76.5 Å². The number of nitrogens with zero attached hydrogens (tertiary/aromatic N) is 2. The Hall–Kier alpha value is -1.06. The van der Waals surface area contributed by atoms with Gasteiger partial charge in [0.1, 0.15) is 0 Å². The highest BCUT2D eigenvalue weighted by atomic mass is 16.5. The number of likely N-dealkylation sites (tertiary alicyclic amines) is 1. The van der Waals surface area contributed by atoms with Crippen LogP contribution in [0.5, 0.6) is 0 Å². The van der Waals surface area contributed by atoms with Gasteiger partial charge >= 0.3 is 0 Å². The number of benzene rings is 1. The van der Waals surface area contributed by atoms with Gasteiger partial charge in [0, 0.05) is 38.5 Å². The summed E-state index contributed by atoms with van der Waals surface area (Å²) >= 11 is 0. The van der Waals surface area contributed by atoms with E-state index in [1.807, 2.05) is 7.11 Å². The first-order valence-corrected chi connectivity index (χ1v) is 11.2. The van der Waals surface area contributed by atoms with Crippen LogP contribution in [0.15, 0.2) is 30.3 Å². The van der Waals surface area contributed by atoms with Gasteiger partial charge in [0.25, 0.3) is 0 Å². The maximum absolute atomic E-state index is 6.02. The van der Waals surface area contributed by atoms with Gasteiger partial charge in [-0.1, -0.05) is 32.0 Å². The van der Waals surface area contributed by atoms with Crippen molar-refractivity contribution in [2.24, 2.45) is 11.8 Å². The summed E-state index contributed by atoms with van der Waals surface area (Å²) in [5, 5.41) is 0. The molecule has 150 valence electrons. The molecule has 27 heavy (non-hydrogen) atoms. The molecule has 1 aromatic rings. The van der Waals surface area contributed by atoms with Crippen LogP contribution in [0.25, 0.3) is 0 Å². The van der Waals surface area contributed by atoms with Gasteiger partial charge in [0.2, 0.25) is 0 Å². The van der Waals surface area contributed by atoms with Crippen molar-refractivity contribution in [3.05, 3.63) is 30.3 Å². The van der Waals surface area contributed by atoms with E-state index >= 15 is 0 Å². The average Bonchev–Trinajstić information content (AvgIpc) is 3.07. The third-order valence-electron chi connectivity index (χ3n) is 7.97. The zero-order valence-corrected chi connectivity index (χ0v) is 17.6. The molecule has 1 atom stereocenters. The first-order valence-electron chi connectivity index (χ1n) is 11.2. The van der Waals surface area contributed by atoms with Crippen LogP contribution >= 0.6 is 0 Å². The predicted molar refractivity (Wildman–Crippen MR) is 113 cm³/mol. The fraction of sp³-hybridized carbons (Fsp3) is 0.750. The molecule has 2 saturated heterocycles.